The van der Waals surface area contributed by atoms with E-state index < -0.39 is 10.0 Å². The Kier molecular flexibility index (Phi) is 4.50. The van der Waals surface area contributed by atoms with E-state index in [9.17, 15) is 8.42 Å². The summed E-state index contributed by atoms with van der Waals surface area (Å²) < 4.78 is 26.4. The number of rotatable bonds is 5. The minimum absolute atomic E-state index is 0.253. The van der Waals surface area contributed by atoms with Crippen LogP contribution < -0.4 is 10.5 Å². The number of hydrogen-bond acceptors (Lipinski definition) is 4. The first-order valence-electron chi connectivity index (χ1n) is 5.33. The van der Waals surface area contributed by atoms with Gasteiger partial charge in [-0.3, -0.25) is 0 Å². The van der Waals surface area contributed by atoms with Crippen molar-refractivity contribution in [1.82, 2.24) is 9.62 Å². The number of sulfonamides is 1. The van der Waals surface area contributed by atoms with Crippen LogP contribution in [0.4, 0.5) is 5.69 Å². The lowest BCUT2D eigenvalue weighted by atomic mass is 10.2. The quantitative estimate of drug-likeness (QED) is 0.750. The van der Waals surface area contributed by atoms with Gasteiger partial charge in [0.05, 0.1) is 4.90 Å². The van der Waals surface area contributed by atoms with Gasteiger partial charge in [0.15, 0.2) is 0 Å². The van der Waals surface area contributed by atoms with Gasteiger partial charge in [0.1, 0.15) is 0 Å². The Bertz CT molecular complexity index is 483. The van der Waals surface area contributed by atoms with E-state index in [2.05, 4.69) is 4.72 Å². The monoisotopic (exact) mass is 257 g/mol. The lowest BCUT2D eigenvalue weighted by Gasteiger charge is -2.11. The highest BCUT2D eigenvalue weighted by molar-refractivity contribution is 7.89. The standard InChI is InChI=1S/C11H19N3O2S/c1-9-8-10(4-5-11(9)12)17(15,16)13-6-7-14(2)3/h4-5,8,13H,6-7,12H2,1-3H3. The summed E-state index contributed by atoms with van der Waals surface area (Å²) in [6.07, 6.45) is 0. The van der Waals surface area contributed by atoms with Crippen molar-refractivity contribution >= 4 is 15.7 Å². The molecule has 0 saturated carbocycles. The Morgan fingerprint density at radius 2 is 2.00 bits per heavy atom. The molecule has 6 heteroatoms. The first-order chi connectivity index (χ1) is 7.83. The van der Waals surface area contributed by atoms with Crippen molar-refractivity contribution in [2.75, 3.05) is 32.9 Å². The maximum absolute atomic E-state index is 11.9. The van der Waals surface area contributed by atoms with Gasteiger partial charge in [-0.05, 0) is 44.8 Å². The Morgan fingerprint density at radius 1 is 1.35 bits per heavy atom. The maximum atomic E-state index is 11.9. The molecular formula is C11H19N3O2S. The molecule has 0 aliphatic heterocycles. The summed E-state index contributed by atoms with van der Waals surface area (Å²) in [6, 6.07) is 4.70. The first kappa shape index (κ1) is 14.0. The van der Waals surface area contributed by atoms with E-state index in [1.165, 1.54) is 6.07 Å². The molecule has 3 N–H and O–H groups in total. The van der Waals surface area contributed by atoms with Gasteiger partial charge >= 0.3 is 0 Å². The van der Waals surface area contributed by atoms with Crippen LogP contribution in [0.5, 0.6) is 0 Å². The topological polar surface area (TPSA) is 75.4 Å². The molecule has 0 saturated heterocycles. The van der Waals surface area contributed by atoms with E-state index in [0.29, 0.717) is 18.8 Å². The zero-order valence-corrected chi connectivity index (χ0v) is 11.2. The van der Waals surface area contributed by atoms with Gasteiger partial charge in [0.25, 0.3) is 0 Å². The predicted octanol–water partition coefficient (Wildman–Crippen LogP) is 0.417. The number of likely N-dealkylation sites (N-methyl/N-ethyl adjacent to an activating group) is 1. The highest BCUT2D eigenvalue weighted by atomic mass is 32.2. The normalized spacial score (nSPS) is 12.0. The summed E-state index contributed by atoms with van der Waals surface area (Å²) in [6.45, 7) is 2.83. The number of nitrogens with zero attached hydrogens (tertiary/aromatic N) is 1. The molecule has 96 valence electrons. The minimum atomic E-state index is -3.43. The predicted molar refractivity (Wildman–Crippen MR) is 69.3 cm³/mol. The number of nitrogen functional groups attached to an aromatic ring is 1. The van der Waals surface area contributed by atoms with Crippen LogP contribution in [0, 0.1) is 6.92 Å². The summed E-state index contributed by atoms with van der Waals surface area (Å²) in [5.41, 5.74) is 7.01. The van der Waals surface area contributed by atoms with E-state index in [1.54, 1.807) is 19.1 Å². The van der Waals surface area contributed by atoms with E-state index in [1.807, 2.05) is 19.0 Å². The molecule has 0 heterocycles. The zero-order chi connectivity index (χ0) is 13.1. The van der Waals surface area contributed by atoms with Crippen molar-refractivity contribution < 1.29 is 8.42 Å². The molecule has 0 aromatic heterocycles. The third kappa shape index (κ3) is 3.99. The van der Waals surface area contributed by atoms with Gasteiger partial charge in [-0.25, -0.2) is 13.1 Å². The third-order valence-corrected chi connectivity index (χ3v) is 3.86. The molecule has 5 nitrogen and oxygen atoms in total. The van der Waals surface area contributed by atoms with Crippen molar-refractivity contribution in [2.24, 2.45) is 0 Å². The molecule has 0 spiro atoms. The van der Waals surface area contributed by atoms with Gasteiger partial charge in [0, 0.05) is 18.8 Å². The minimum Gasteiger partial charge on any atom is -0.399 e. The van der Waals surface area contributed by atoms with Crippen LogP contribution in [-0.2, 0) is 10.0 Å². The molecule has 0 aliphatic carbocycles. The molecule has 1 aromatic carbocycles. The summed E-state index contributed by atoms with van der Waals surface area (Å²) in [4.78, 5) is 2.17. The van der Waals surface area contributed by atoms with Gasteiger partial charge in [-0.15, -0.1) is 0 Å². The molecule has 0 radical (unpaired) electrons. The van der Waals surface area contributed by atoms with Crippen molar-refractivity contribution in [3.05, 3.63) is 23.8 Å². The third-order valence-electron chi connectivity index (χ3n) is 2.40. The fourth-order valence-electron chi connectivity index (χ4n) is 1.30. The van der Waals surface area contributed by atoms with Crippen LogP contribution in [0.1, 0.15) is 5.56 Å². The first-order valence-corrected chi connectivity index (χ1v) is 6.82. The molecule has 0 unspecified atom stereocenters. The summed E-state index contributed by atoms with van der Waals surface area (Å²) in [5, 5.41) is 0. The Balaban J connectivity index is 2.79. The van der Waals surface area contributed by atoms with E-state index in [-0.39, 0.29) is 4.90 Å². The number of nitrogens with two attached hydrogens (primary N) is 1. The molecule has 0 amide bonds. The van der Waals surface area contributed by atoms with E-state index in [4.69, 9.17) is 5.73 Å². The molecule has 0 atom stereocenters. The molecule has 1 rings (SSSR count). The van der Waals surface area contributed by atoms with E-state index >= 15 is 0 Å². The van der Waals surface area contributed by atoms with Crippen LogP contribution in [-0.4, -0.2) is 40.5 Å². The lowest BCUT2D eigenvalue weighted by molar-refractivity contribution is 0.412. The van der Waals surface area contributed by atoms with Crippen molar-refractivity contribution in [2.45, 2.75) is 11.8 Å². The second kappa shape index (κ2) is 5.48. The molecule has 0 aliphatic rings. The van der Waals surface area contributed by atoms with Crippen LogP contribution in [0.15, 0.2) is 23.1 Å². The van der Waals surface area contributed by atoms with Crippen LogP contribution in [0.2, 0.25) is 0 Å². The molecule has 0 fully saturated rings. The Hall–Kier alpha value is -1.11. The largest absolute Gasteiger partial charge is 0.399 e. The average molecular weight is 257 g/mol. The summed E-state index contributed by atoms with van der Waals surface area (Å²) in [5.74, 6) is 0. The maximum Gasteiger partial charge on any atom is 0.240 e. The molecule has 0 bridgehead atoms. The van der Waals surface area contributed by atoms with Crippen molar-refractivity contribution in [3.63, 3.8) is 0 Å². The Morgan fingerprint density at radius 3 is 2.53 bits per heavy atom. The summed E-state index contributed by atoms with van der Waals surface area (Å²) in [7, 11) is 0.354. The van der Waals surface area contributed by atoms with Crippen molar-refractivity contribution in [3.8, 4) is 0 Å². The number of nitrogens with one attached hydrogen (secondary N) is 1. The van der Waals surface area contributed by atoms with Crippen LogP contribution in [0.3, 0.4) is 0 Å². The average Bonchev–Trinajstić information content (AvgIpc) is 2.21. The smallest absolute Gasteiger partial charge is 0.240 e. The molecular weight excluding hydrogens is 238 g/mol. The fourth-order valence-corrected chi connectivity index (χ4v) is 2.41. The number of anilines is 1. The number of hydrogen-bond donors (Lipinski definition) is 2. The van der Waals surface area contributed by atoms with Crippen molar-refractivity contribution in [1.29, 1.82) is 0 Å². The molecule has 17 heavy (non-hydrogen) atoms. The fraction of sp³-hybridized carbons (Fsp3) is 0.455. The summed E-state index contributed by atoms with van der Waals surface area (Å²) >= 11 is 0. The highest BCUT2D eigenvalue weighted by Crippen LogP contribution is 2.16. The number of benzene rings is 1. The van der Waals surface area contributed by atoms with Gasteiger partial charge in [-0.2, -0.15) is 0 Å². The highest BCUT2D eigenvalue weighted by Gasteiger charge is 2.13. The van der Waals surface area contributed by atoms with Crippen LogP contribution >= 0.6 is 0 Å². The van der Waals surface area contributed by atoms with Gasteiger partial charge in [-0.1, -0.05) is 0 Å². The second-order valence-electron chi connectivity index (χ2n) is 4.22. The number of aryl methyl sites for hydroxylation is 1. The molecule has 1 aromatic rings. The zero-order valence-electron chi connectivity index (χ0n) is 10.4. The second-order valence-corrected chi connectivity index (χ2v) is 5.99. The van der Waals surface area contributed by atoms with Crippen LogP contribution in [0.25, 0.3) is 0 Å². The SMILES string of the molecule is Cc1cc(S(=O)(=O)NCCN(C)C)ccc1N. The van der Waals surface area contributed by atoms with E-state index in [0.717, 1.165) is 5.56 Å². The van der Waals surface area contributed by atoms with Gasteiger partial charge in [0.2, 0.25) is 10.0 Å². The lowest BCUT2D eigenvalue weighted by Crippen LogP contribution is -2.31. The Labute approximate surface area is 103 Å². The van der Waals surface area contributed by atoms with Gasteiger partial charge < -0.3 is 10.6 Å².